The molecule has 0 heterocycles. The van der Waals surface area contributed by atoms with E-state index in [9.17, 15) is 9.90 Å². The Morgan fingerprint density at radius 2 is 1.71 bits per heavy atom. The second-order valence-corrected chi connectivity index (χ2v) is 7.78. The summed E-state index contributed by atoms with van der Waals surface area (Å²) in [6, 6.07) is 0.595. The molecule has 0 saturated heterocycles. The average molecular weight is 295 g/mol. The summed E-state index contributed by atoms with van der Waals surface area (Å²) in [5.74, 6) is 1.04. The lowest BCUT2D eigenvalue weighted by atomic mass is 9.74. The van der Waals surface area contributed by atoms with Gasteiger partial charge in [0, 0.05) is 11.6 Å². The predicted octanol–water partition coefficient (Wildman–Crippen LogP) is 4.31. The van der Waals surface area contributed by atoms with Crippen molar-refractivity contribution in [3.8, 4) is 0 Å². The quantitative estimate of drug-likeness (QED) is 0.821. The minimum atomic E-state index is -0.625. The maximum Gasteiger partial charge on any atom is 0.305 e. The molecule has 0 aromatic carbocycles. The van der Waals surface area contributed by atoms with E-state index in [-0.39, 0.29) is 5.54 Å². The molecule has 3 heteroatoms. The molecule has 0 spiro atoms. The van der Waals surface area contributed by atoms with Crippen molar-refractivity contribution in [1.82, 2.24) is 4.90 Å². The number of carbonyl (C=O) groups is 1. The van der Waals surface area contributed by atoms with Crippen molar-refractivity contribution in [2.75, 3.05) is 7.05 Å². The van der Waals surface area contributed by atoms with Gasteiger partial charge < -0.3 is 5.11 Å². The molecular formula is C18H33NO2. The second kappa shape index (κ2) is 7.13. The number of aliphatic carboxylic acids is 1. The van der Waals surface area contributed by atoms with Gasteiger partial charge in [-0.05, 0) is 57.4 Å². The molecule has 2 saturated carbocycles. The Morgan fingerprint density at radius 1 is 1.14 bits per heavy atom. The number of carboxylic acid groups (broad SMARTS) is 1. The van der Waals surface area contributed by atoms with Crippen molar-refractivity contribution in [1.29, 1.82) is 0 Å². The highest BCUT2D eigenvalue weighted by Crippen LogP contribution is 2.41. The average Bonchev–Trinajstić information content (AvgIpc) is 2.47. The van der Waals surface area contributed by atoms with Crippen LogP contribution in [0.1, 0.15) is 78.1 Å². The van der Waals surface area contributed by atoms with Crippen molar-refractivity contribution in [3.63, 3.8) is 0 Å². The smallest absolute Gasteiger partial charge is 0.305 e. The van der Waals surface area contributed by atoms with Crippen LogP contribution in [-0.4, -0.2) is 34.6 Å². The van der Waals surface area contributed by atoms with Crippen LogP contribution >= 0.6 is 0 Å². The van der Waals surface area contributed by atoms with Crippen molar-refractivity contribution >= 4 is 5.97 Å². The number of carboxylic acids is 1. The molecule has 122 valence electrons. The molecule has 0 aliphatic heterocycles. The van der Waals surface area contributed by atoms with Crippen molar-refractivity contribution in [3.05, 3.63) is 0 Å². The van der Waals surface area contributed by atoms with Gasteiger partial charge >= 0.3 is 5.97 Å². The zero-order chi connectivity index (χ0) is 15.5. The molecule has 0 aromatic rings. The third-order valence-electron chi connectivity index (χ3n) is 6.24. The number of hydrogen-bond donors (Lipinski definition) is 1. The fourth-order valence-corrected chi connectivity index (χ4v) is 4.69. The van der Waals surface area contributed by atoms with Crippen LogP contribution in [0, 0.1) is 11.8 Å². The molecule has 2 aliphatic carbocycles. The molecule has 0 amide bonds. The van der Waals surface area contributed by atoms with Crippen LogP contribution in [0.5, 0.6) is 0 Å². The van der Waals surface area contributed by atoms with Crippen molar-refractivity contribution in [2.24, 2.45) is 11.8 Å². The van der Waals surface area contributed by atoms with Crippen LogP contribution < -0.4 is 0 Å². The molecular weight excluding hydrogens is 262 g/mol. The first-order chi connectivity index (χ1) is 9.94. The molecule has 0 unspecified atom stereocenters. The van der Waals surface area contributed by atoms with Crippen molar-refractivity contribution < 1.29 is 9.90 Å². The third-order valence-corrected chi connectivity index (χ3v) is 6.24. The van der Waals surface area contributed by atoms with E-state index in [0.717, 1.165) is 24.7 Å². The highest BCUT2D eigenvalue weighted by atomic mass is 16.4. The maximum absolute atomic E-state index is 11.4. The summed E-state index contributed by atoms with van der Waals surface area (Å²) in [7, 11) is 2.20. The van der Waals surface area contributed by atoms with Crippen LogP contribution in [-0.2, 0) is 4.79 Å². The Hall–Kier alpha value is -0.570. The SMILES string of the molecule is CC(C)C1CCC(N(C)C2(CC(=O)O)CCCCC2)CC1. The zero-order valence-electron chi connectivity index (χ0n) is 14.1. The summed E-state index contributed by atoms with van der Waals surface area (Å²) in [4.78, 5) is 13.9. The first-order valence-electron chi connectivity index (χ1n) is 8.89. The zero-order valence-corrected chi connectivity index (χ0v) is 14.1. The molecule has 0 atom stereocenters. The summed E-state index contributed by atoms with van der Waals surface area (Å²) in [5, 5.41) is 9.37. The highest BCUT2D eigenvalue weighted by molar-refractivity contribution is 5.68. The molecule has 2 fully saturated rings. The summed E-state index contributed by atoms with van der Waals surface area (Å²) in [5.41, 5.74) is -0.0700. The number of rotatable bonds is 5. The normalized spacial score (nSPS) is 29.8. The van der Waals surface area contributed by atoms with E-state index in [2.05, 4.69) is 25.8 Å². The molecule has 1 N–H and O–H groups in total. The lowest BCUT2D eigenvalue weighted by Gasteiger charge is -2.49. The predicted molar refractivity (Wildman–Crippen MR) is 86.4 cm³/mol. The number of nitrogens with zero attached hydrogens (tertiary/aromatic N) is 1. The molecule has 2 aliphatic rings. The molecule has 0 aromatic heterocycles. The first-order valence-corrected chi connectivity index (χ1v) is 8.89. The van der Waals surface area contributed by atoms with Gasteiger partial charge in [-0.25, -0.2) is 0 Å². The van der Waals surface area contributed by atoms with Gasteiger partial charge in [0.2, 0.25) is 0 Å². The van der Waals surface area contributed by atoms with Crippen molar-refractivity contribution in [2.45, 2.75) is 89.6 Å². The van der Waals surface area contributed by atoms with E-state index in [0.29, 0.717) is 12.5 Å². The monoisotopic (exact) mass is 295 g/mol. The number of hydrogen-bond acceptors (Lipinski definition) is 2. The van der Waals surface area contributed by atoms with Gasteiger partial charge in [0.25, 0.3) is 0 Å². The molecule has 2 rings (SSSR count). The van der Waals surface area contributed by atoms with Gasteiger partial charge in [0.05, 0.1) is 6.42 Å². The van der Waals surface area contributed by atoms with Gasteiger partial charge in [-0.1, -0.05) is 33.1 Å². The van der Waals surface area contributed by atoms with Crippen LogP contribution in [0.3, 0.4) is 0 Å². The Labute approximate surface area is 130 Å². The van der Waals surface area contributed by atoms with E-state index >= 15 is 0 Å². The van der Waals surface area contributed by atoms with E-state index in [4.69, 9.17) is 0 Å². The molecule has 3 nitrogen and oxygen atoms in total. The van der Waals surface area contributed by atoms with Gasteiger partial charge in [0.15, 0.2) is 0 Å². The Kier molecular flexibility index (Phi) is 5.70. The summed E-state index contributed by atoms with van der Waals surface area (Å²) in [6.07, 6.45) is 11.3. The van der Waals surface area contributed by atoms with Crippen LogP contribution in [0.25, 0.3) is 0 Å². The topological polar surface area (TPSA) is 40.5 Å². The van der Waals surface area contributed by atoms with Gasteiger partial charge in [-0.3, -0.25) is 9.69 Å². The minimum Gasteiger partial charge on any atom is -0.481 e. The molecule has 21 heavy (non-hydrogen) atoms. The largest absolute Gasteiger partial charge is 0.481 e. The van der Waals surface area contributed by atoms with Gasteiger partial charge in [0.1, 0.15) is 0 Å². The summed E-state index contributed by atoms with van der Waals surface area (Å²) in [6.45, 7) is 4.67. The Morgan fingerprint density at radius 3 is 2.19 bits per heavy atom. The minimum absolute atomic E-state index is 0.0700. The third kappa shape index (κ3) is 4.00. The molecule has 0 radical (unpaired) electrons. The Balaban J connectivity index is 2.01. The lowest BCUT2D eigenvalue weighted by Crippen LogP contribution is -2.54. The van der Waals surface area contributed by atoms with Gasteiger partial charge in [-0.2, -0.15) is 0 Å². The van der Waals surface area contributed by atoms with E-state index in [1.54, 1.807) is 0 Å². The van der Waals surface area contributed by atoms with Crippen LogP contribution in [0.15, 0.2) is 0 Å². The van der Waals surface area contributed by atoms with E-state index < -0.39 is 5.97 Å². The van der Waals surface area contributed by atoms with E-state index in [1.165, 1.54) is 44.9 Å². The van der Waals surface area contributed by atoms with Crippen LogP contribution in [0.4, 0.5) is 0 Å². The first kappa shape index (κ1) is 16.8. The fourth-order valence-electron chi connectivity index (χ4n) is 4.69. The highest BCUT2D eigenvalue weighted by Gasteiger charge is 2.41. The Bertz CT molecular complexity index is 339. The summed E-state index contributed by atoms with van der Waals surface area (Å²) >= 11 is 0. The lowest BCUT2D eigenvalue weighted by molar-refractivity contribution is -0.142. The molecule has 0 bridgehead atoms. The van der Waals surface area contributed by atoms with E-state index in [1.807, 2.05) is 0 Å². The second-order valence-electron chi connectivity index (χ2n) is 7.78. The van der Waals surface area contributed by atoms with Gasteiger partial charge in [-0.15, -0.1) is 0 Å². The standard InChI is InChI=1S/C18H33NO2/c1-14(2)15-7-9-16(10-8-15)19(3)18(13-17(20)21)11-5-4-6-12-18/h14-16H,4-13H2,1-3H3,(H,20,21). The summed E-state index contributed by atoms with van der Waals surface area (Å²) < 4.78 is 0. The maximum atomic E-state index is 11.4. The van der Waals surface area contributed by atoms with Crippen LogP contribution in [0.2, 0.25) is 0 Å². The fraction of sp³-hybridized carbons (Fsp3) is 0.944.